The second kappa shape index (κ2) is 30.6. The van der Waals surface area contributed by atoms with Crippen molar-refractivity contribution in [3.8, 4) is 0 Å². The monoisotopic (exact) mass is 511 g/mol. The molecule has 0 aromatic heterocycles. The smallest absolute Gasteiger partial charge is 0.00498 e. The van der Waals surface area contributed by atoms with Crippen molar-refractivity contribution in [2.75, 3.05) is 0 Å². The molecule has 0 saturated carbocycles. The maximum absolute atomic E-state index is 2.46. The summed E-state index contributed by atoms with van der Waals surface area (Å²) in [6.07, 6.45) is 40.8. The van der Waals surface area contributed by atoms with Crippen molar-refractivity contribution in [3.63, 3.8) is 0 Å². The molecule has 0 spiro atoms. The fraction of sp³-hybridized carbons (Fsp3) is 1.00. The van der Waals surface area contributed by atoms with Gasteiger partial charge in [-0.1, -0.05) is 182 Å². The molecule has 0 amide bonds. The summed E-state index contributed by atoms with van der Waals surface area (Å²) in [5, 5.41) is 1.88. The highest BCUT2D eigenvalue weighted by molar-refractivity contribution is 8.00. The molecular weight excluding hydrogens is 440 g/mol. The Hall–Kier alpha value is 0.350. The zero-order valence-corrected chi connectivity index (χ0v) is 26.2. The molecule has 0 fully saturated rings. The molecule has 0 nitrogen and oxygen atoms in total. The van der Waals surface area contributed by atoms with E-state index in [4.69, 9.17) is 0 Å². The van der Waals surface area contributed by atoms with E-state index < -0.39 is 0 Å². The van der Waals surface area contributed by atoms with Gasteiger partial charge in [-0.2, -0.15) is 11.8 Å². The van der Waals surface area contributed by atoms with Crippen LogP contribution in [0.2, 0.25) is 0 Å². The van der Waals surface area contributed by atoms with Gasteiger partial charge in [-0.05, 0) is 25.7 Å². The van der Waals surface area contributed by atoms with Crippen LogP contribution in [0.4, 0.5) is 0 Å². The Morgan fingerprint density at radius 3 is 0.743 bits per heavy atom. The van der Waals surface area contributed by atoms with E-state index in [2.05, 4.69) is 39.5 Å². The molecule has 35 heavy (non-hydrogen) atoms. The van der Waals surface area contributed by atoms with Crippen molar-refractivity contribution in [2.24, 2.45) is 0 Å². The van der Waals surface area contributed by atoms with E-state index in [0.29, 0.717) is 0 Å². The molecule has 2 unspecified atom stereocenters. The summed E-state index contributed by atoms with van der Waals surface area (Å²) in [4.78, 5) is 0. The molecule has 0 aliphatic rings. The van der Waals surface area contributed by atoms with Gasteiger partial charge in [-0.15, -0.1) is 0 Å². The Morgan fingerprint density at radius 2 is 0.486 bits per heavy atom. The van der Waals surface area contributed by atoms with E-state index in [-0.39, 0.29) is 0 Å². The van der Waals surface area contributed by atoms with Gasteiger partial charge in [-0.3, -0.25) is 0 Å². The van der Waals surface area contributed by atoms with Gasteiger partial charge in [0.25, 0.3) is 0 Å². The molecule has 0 aliphatic carbocycles. The van der Waals surface area contributed by atoms with Crippen LogP contribution in [-0.4, -0.2) is 10.5 Å². The van der Waals surface area contributed by atoms with Crippen molar-refractivity contribution >= 4 is 11.8 Å². The topological polar surface area (TPSA) is 0 Å². The third-order valence-electron chi connectivity index (χ3n) is 7.90. The van der Waals surface area contributed by atoms with E-state index in [1.807, 2.05) is 0 Å². The second-order valence-electron chi connectivity index (χ2n) is 11.6. The first-order chi connectivity index (χ1) is 17.3. The second-order valence-corrected chi connectivity index (χ2v) is 13.2. The van der Waals surface area contributed by atoms with Gasteiger partial charge in [0.1, 0.15) is 0 Å². The van der Waals surface area contributed by atoms with Gasteiger partial charge >= 0.3 is 0 Å². The van der Waals surface area contributed by atoms with Gasteiger partial charge in [0, 0.05) is 10.5 Å². The molecular formula is C34H70S. The van der Waals surface area contributed by atoms with Gasteiger partial charge in [0.05, 0.1) is 0 Å². The number of hydrogen-bond donors (Lipinski definition) is 0. The van der Waals surface area contributed by atoms with Gasteiger partial charge in [0.2, 0.25) is 0 Å². The summed E-state index contributed by atoms with van der Waals surface area (Å²) in [6, 6.07) is 0. The van der Waals surface area contributed by atoms with Crippen LogP contribution in [-0.2, 0) is 0 Å². The van der Waals surface area contributed by atoms with Crippen LogP contribution in [0.15, 0.2) is 0 Å². The minimum atomic E-state index is 0.942. The molecule has 0 heterocycles. The normalized spacial score (nSPS) is 13.4. The van der Waals surface area contributed by atoms with Crippen molar-refractivity contribution in [1.82, 2.24) is 0 Å². The Labute approximate surface area is 229 Å². The highest BCUT2D eigenvalue weighted by Crippen LogP contribution is 2.33. The third kappa shape index (κ3) is 27.2. The maximum atomic E-state index is 2.46. The SMILES string of the molecule is CCCCCCCCCCC(CCCCCC)SC(CCCCCC)CCCCCCCCCC. The standard InChI is InChI=1S/C34H70S/c1-5-9-13-17-19-21-23-27-31-33(29-25-15-11-7-3)35-34(30-26-16-12-8-4)32-28-24-22-20-18-14-10-6-2/h33-34H,5-32H2,1-4H3. The minimum Gasteiger partial charge on any atom is -0.155 e. The summed E-state index contributed by atoms with van der Waals surface area (Å²) >= 11 is 2.46. The van der Waals surface area contributed by atoms with Crippen molar-refractivity contribution < 1.29 is 0 Å². The molecule has 0 bridgehead atoms. The predicted octanol–water partition coefficient (Wildman–Crippen LogP) is 13.5. The van der Waals surface area contributed by atoms with E-state index in [9.17, 15) is 0 Å². The average Bonchev–Trinajstić information content (AvgIpc) is 2.87. The molecule has 0 rings (SSSR count). The lowest BCUT2D eigenvalue weighted by Crippen LogP contribution is -2.12. The zero-order valence-electron chi connectivity index (χ0n) is 25.4. The maximum Gasteiger partial charge on any atom is 0.00498 e. The molecule has 0 radical (unpaired) electrons. The molecule has 0 aromatic rings. The molecule has 212 valence electrons. The van der Waals surface area contributed by atoms with Crippen LogP contribution < -0.4 is 0 Å². The highest BCUT2D eigenvalue weighted by Gasteiger charge is 2.17. The summed E-state index contributed by atoms with van der Waals surface area (Å²) in [7, 11) is 0. The summed E-state index contributed by atoms with van der Waals surface area (Å²) in [5.41, 5.74) is 0. The number of rotatable bonds is 30. The van der Waals surface area contributed by atoms with Crippen LogP contribution in [0.3, 0.4) is 0 Å². The Morgan fingerprint density at radius 1 is 0.286 bits per heavy atom. The molecule has 0 aliphatic heterocycles. The Balaban J connectivity index is 4.44. The molecule has 0 saturated heterocycles. The zero-order chi connectivity index (χ0) is 25.7. The van der Waals surface area contributed by atoms with Gasteiger partial charge in [-0.25, -0.2) is 0 Å². The third-order valence-corrected chi connectivity index (χ3v) is 9.62. The van der Waals surface area contributed by atoms with E-state index in [1.165, 1.54) is 180 Å². The number of hydrogen-bond acceptors (Lipinski definition) is 1. The molecule has 0 aromatic carbocycles. The first-order valence-corrected chi connectivity index (χ1v) is 17.9. The van der Waals surface area contributed by atoms with Gasteiger partial charge in [0.15, 0.2) is 0 Å². The lowest BCUT2D eigenvalue weighted by Gasteiger charge is -2.24. The molecule has 2 atom stereocenters. The fourth-order valence-corrected chi connectivity index (χ4v) is 7.20. The van der Waals surface area contributed by atoms with E-state index in [1.54, 1.807) is 0 Å². The Kier molecular flexibility index (Phi) is 30.9. The fourth-order valence-electron chi connectivity index (χ4n) is 5.44. The average molecular weight is 511 g/mol. The first-order valence-electron chi connectivity index (χ1n) is 16.9. The molecule has 1 heteroatoms. The van der Waals surface area contributed by atoms with Crippen molar-refractivity contribution in [2.45, 2.75) is 218 Å². The largest absolute Gasteiger partial charge is 0.155 e. The Bertz CT molecular complexity index is 332. The van der Waals surface area contributed by atoms with Crippen LogP contribution in [0.25, 0.3) is 0 Å². The van der Waals surface area contributed by atoms with Crippen LogP contribution in [0, 0.1) is 0 Å². The van der Waals surface area contributed by atoms with Crippen LogP contribution in [0.1, 0.15) is 207 Å². The molecule has 0 N–H and O–H groups in total. The predicted molar refractivity (Wildman–Crippen MR) is 167 cm³/mol. The minimum absolute atomic E-state index is 0.942. The van der Waals surface area contributed by atoms with E-state index in [0.717, 1.165) is 10.5 Å². The van der Waals surface area contributed by atoms with Crippen molar-refractivity contribution in [1.29, 1.82) is 0 Å². The first kappa shape index (κ1) is 35.4. The summed E-state index contributed by atoms with van der Waals surface area (Å²) in [6.45, 7) is 9.35. The van der Waals surface area contributed by atoms with Gasteiger partial charge < -0.3 is 0 Å². The van der Waals surface area contributed by atoms with Crippen molar-refractivity contribution in [3.05, 3.63) is 0 Å². The van der Waals surface area contributed by atoms with Crippen LogP contribution >= 0.6 is 11.8 Å². The highest BCUT2D eigenvalue weighted by atomic mass is 32.2. The lowest BCUT2D eigenvalue weighted by atomic mass is 10.0. The summed E-state index contributed by atoms with van der Waals surface area (Å²) < 4.78 is 0. The number of thioether (sulfide) groups is 1. The quantitative estimate of drug-likeness (QED) is 0.0865. The summed E-state index contributed by atoms with van der Waals surface area (Å²) in [5.74, 6) is 0. The van der Waals surface area contributed by atoms with E-state index >= 15 is 0 Å². The van der Waals surface area contributed by atoms with Crippen LogP contribution in [0.5, 0.6) is 0 Å². The number of unbranched alkanes of at least 4 members (excludes halogenated alkanes) is 20. The lowest BCUT2D eigenvalue weighted by molar-refractivity contribution is 0.529.